The summed E-state index contributed by atoms with van der Waals surface area (Å²) in [6.45, 7) is 4.62. The van der Waals surface area contributed by atoms with Gasteiger partial charge in [-0.05, 0) is 30.0 Å². The van der Waals surface area contributed by atoms with Crippen molar-refractivity contribution in [2.24, 2.45) is 5.92 Å². The van der Waals surface area contributed by atoms with Crippen molar-refractivity contribution < 1.29 is 0 Å². The lowest BCUT2D eigenvalue weighted by atomic mass is 9.96. The zero-order valence-corrected chi connectivity index (χ0v) is 10.1. The minimum Gasteiger partial charge on any atom is -0.265 e. The van der Waals surface area contributed by atoms with E-state index in [1.807, 2.05) is 12.4 Å². The summed E-state index contributed by atoms with van der Waals surface area (Å²) in [5.41, 5.74) is 1.42. The Balaban J connectivity index is 2.16. The van der Waals surface area contributed by atoms with Crippen molar-refractivity contribution in [2.45, 2.75) is 52.4 Å². The zero-order valence-electron chi connectivity index (χ0n) is 10.1. The second kappa shape index (κ2) is 7.44. The molecule has 0 aliphatic rings. The van der Waals surface area contributed by atoms with Crippen LogP contribution in [-0.4, -0.2) is 4.98 Å². The Morgan fingerprint density at radius 2 is 1.87 bits per heavy atom. The van der Waals surface area contributed by atoms with Crippen molar-refractivity contribution in [1.29, 1.82) is 0 Å². The molecule has 0 bridgehead atoms. The first-order valence-electron chi connectivity index (χ1n) is 6.21. The van der Waals surface area contributed by atoms with E-state index in [0.29, 0.717) is 0 Å². The van der Waals surface area contributed by atoms with Crippen LogP contribution in [0.5, 0.6) is 0 Å². The Hall–Kier alpha value is -0.850. The molecule has 1 heterocycles. The summed E-state index contributed by atoms with van der Waals surface area (Å²) in [6, 6.07) is 4.26. The lowest BCUT2D eigenvalue weighted by Gasteiger charge is -2.10. The van der Waals surface area contributed by atoms with Crippen LogP contribution in [0.2, 0.25) is 0 Å². The molecular weight excluding hydrogens is 182 g/mol. The molecular formula is C14H23N. The van der Waals surface area contributed by atoms with E-state index in [1.54, 1.807) is 0 Å². The molecule has 1 heteroatoms. The Morgan fingerprint density at radius 1 is 1.13 bits per heavy atom. The first-order valence-corrected chi connectivity index (χ1v) is 6.21. The molecule has 0 spiro atoms. The molecule has 0 unspecified atom stereocenters. The minimum absolute atomic E-state index is 0.809. The molecule has 0 aromatic carbocycles. The highest BCUT2D eigenvalue weighted by Gasteiger charge is 2.02. The number of aromatic nitrogens is 1. The summed E-state index contributed by atoms with van der Waals surface area (Å²) < 4.78 is 0. The third kappa shape index (κ3) is 5.56. The number of hydrogen-bond acceptors (Lipinski definition) is 1. The van der Waals surface area contributed by atoms with Gasteiger partial charge in [-0.15, -0.1) is 0 Å². The van der Waals surface area contributed by atoms with Crippen molar-refractivity contribution in [3.63, 3.8) is 0 Å². The monoisotopic (exact) mass is 205 g/mol. The summed E-state index contributed by atoms with van der Waals surface area (Å²) in [5, 5.41) is 0. The van der Waals surface area contributed by atoms with Crippen molar-refractivity contribution in [3.05, 3.63) is 30.1 Å². The molecule has 0 fully saturated rings. The highest BCUT2D eigenvalue weighted by atomic mass is 14.6. The van der Waals surface area contributed by atoms with Gasteiger partial charge in [0.15, 0.2) is 0 Å². The molecule has 0 radical (unpaired) electrons. The molecule has 0 saturated heterocycles. The van der Waals surface area contributed by atoms with Crippen LogP contribution >= 0.6 is 0 Å². The Bertz CT molecular complexity index is 243. The van der Waals surface area contributed by atoms with Crippen molar-refractivity contribution in [1.82, 2.24) is 4.98 Å². The van der Waals surface area contributed by atoms with Crippen LogP contribution in [0.1, 0.15) is 51.5 Å². The molecule has 0 aliphatic carbocycles. The first-order chi connectivity index (χ1) is 7.33. The normalized spacial score (nSPS) is 12.7. The van der Waals surface area contributed by atoms with Gasteiger partial charge in [0.1, 0.15) is 0 Å². The maximum Gasteiger partial charge on any atom is 0.0270 e. The highest BCUT2D eigenvalue weighted by Crippen LogP contribution is 2.15. The summed E-state index contributed by atoms with van der Waals surface area (Å²) in [4.78, 5) is 4.04. The van der Waals surface area contributed by atoms with Gasteiger partial charge in [0.05, 0.1) is 0 Å². The lowest BCUT2D eigenvalue weighted by molar-refractivity contribution is 0.487. The topological polar surface area (TPSA) is 12.9 Å². The summed E-state index contributed by atoms with van der Waals surface area (Å²) in [7, 11) is 0. The summed E-state index contributed by atoms with van der Waals surface area (Å²) >= 11 is 0. The maximum atomic E-state index is 4.04. The summed E-state index contributed by atoms with van der Waals surface area (Å²) in [6.07, 6.45) is 11.9. The van der Waals surface area contributed by atoms with Gasteiger partial charge in [-0.1, -0.05) is 46.0 Å². The third-order valence-electron chi connectivity index (χ3n) is 2.88. The second-order valence-electron chi connectivity index (χ2n) is 4.51. The molecule has 1 aromatic rings. The lowest BCUT2D eigenvalue weighted by Crippen LogP contribution is -1.99. The highest BCUT2D eigenvalue weighted by molar-refractivity contribution is 5.10. The fraction of sp³-hybridized carbons (Fsp3) is 0.643. The molecule has 0 amide bonds. The molecule has 0 saturated carbocycles. The fourth-order valence-corrected chi connectivity index (χ4v) is 1.94. The Labute approximate surface area is 93.9 Å². The molecule has 84 valence electrons. The molecule has 1 aromatic heterocycles. The van der Waals surface area contributed by atoms with E-state index in [9.17, 15) is 0 Å². The van der Waals surface area contributed by atoms with Crippen LogP contribution in [0.25, 0.3) is 0 Å². The van der Waals surface area contributed by atoms with E-state index in [2.05, 4.69) is 31.0 Å². The van der Waals surface area contributed by atoms with Gasteiger partial charge < -0.3 is 0 Å². The predicted molar refractivity (Wildman–Crippen MR) is 65.9 cm³/mol. The molecule has 1 atom stereocenters. The van der Waals surface area contributed by atoms with Crippen LogP contribution in [0.4, 0.5) is 0 Å². The van der Waals surface area contributed by atoms with Gasteiger partial charge in [-0.3, -0.25) is 4.98 Å². The van der Waals surface area contributed by atoms with Crippen molar-refractivity contribution in [3.8, 4) is 0 Å². The number of nitrogens with zero attached hydrogens (tertiary/aromatic N) is 1. The number of pyridine rings is 1. The van der Waals surface area contributed by atoms with E-state index in [-0.39, 0.29) is 0 Å². The quantitative estimate of drug-likeness (QED) is 0.607. The Kier molecular flexibility index (Phi) is 6.06. The molecule has 1 rings (SSSR count). The van der Waals surface area contributed by atoms with Crippen LogP contribution in [-0.2, 0) is 6.42 Å². The average Bonchev–Trinajstić information content (AvgIpc) is 2.26. The smallest absolute Gasteiger partial charge is 0.0270 e. The van der Waals surface area contributed by atoms with Gasteiger partial charge >= 0.3 is 0 Å². The molecule has 1 nitrogen and oxygen atoms in total. The van der Waals surface area contributed by atoms with Crippen molar-refractivity contribution in [2.75, 3.05) is 0 Å². The van der Waals surface area contributed by atoms with Gasteiger partial charge in [-0.2, -0.15) is 0 Å². The fourth-order valence-electron chi connectivity index (χ4n) is 1.94. The van der Waals surface area contributed by atoms with E-state index < -0.39 is 0 Å². The summed E-state index contributed by atoms with van der Waals surface area (Å²) in [5.74, 6) is 0.809. The van der Waals surface area contributed by atoms with Crippen LogP contribution < -0.4 is 0 Å². The van der Waals surface area contributed by atoms with E-state index in [4.69, 9.17) is 0 Å². The van der Waals surface area contributed by atoms with Gasteiger partial charge in [0.2, 0.25) is 0 Å². The maximum absolute atomic E-state index is 4.04. The van der Waals surface area contributed by atoms with Gasteiger partial charge in [-0.25, -0.2) is 0 Å². The van der Waals surface area contributed by atoms with Gasteiger partial charge in [0, 0.05) is 12.4 Å². The standard InChI is InChI=1S/C14H23N/c1-3-4-5-6-7-13(2)12-14-8-10-15-11-9-14/h8-11,13H,3-7,12H2,1-2H3/t13-/m0/s1. The van der Waals surface area contributed by atoms with Crippen LogP contribution in [0.15, 0.2) is 24.5 Å². The molecule has 0 aliphatic heterocycles. The zero-order chi connectivity index (χ0) is 10.9. The number of unbranched alkanes of at least 4 members (excludes halogenated alkanes) is 3. The largest absolute Gasteiger partial charge is 0.265 e. The van der Waals surface area contributed by atoms with Gasteiger partial charge in [0.25, 0.3) is 0 Å². The molecule has 0 N–H and O–H groups in total. The second-order valence-corrected chi connectivity index (χ2v) is 4.51. The number of rotatable bonds is 7. The minimum atomic E-state index is 0.809. The number of hydrogen-bond donors (Lipinski definition) is 0. The average molecular weight is 205 g/mol. The first kappa shape index (κ1) is 12.2. The third-order valence-corrected chi connectivity index (χ3v) is 2.88. The van der Waals surface area contributed by atoms with E-state index in [0.717, 1.165) is 5.92 Å². The van der Waals surface area contributed by atoms with Crippen LogP contribution in [0.3, 0.4) is 0 Å². The SMILES string of the molecule is CCCCCC[C@H](C)Cc1ccncc1. The Morgan fingerprint density at radius 3 is 2.53 bits per heavy atom. The van der Waals surface area contributed by atoms with Crippen molar-refractivity contribution >= 4 is 0 Å². The van der Waals surface area contributed by atoms with E-state index >= 15 is 0 Å². The van der Waals surface area contributed by atoms with E-state index in [1.165, 1.54) is 44.1 Å². The predicted octanol–water partition coefficient (Wildman–Crippen LogP) is 4.23. The van der Waals surface area contributed by atoms with Crippen LogP contribution in [0, 0.1) is 5.92 Å². The molecule has 15 heavy (non-hydrogen) atoms.